The second-order valence-electron chi connectivity index (χ2n) is 6.06. The van der Waals surface area contributed by atoms with Crippen LogP contribution in [0.15, 0.2) is 65.7 Å². The Bertz CT molecular complexity index is 1150. The average Bonchev–Trinajstić information content (AvgIpc) is 2.73. The van der Waals surface area contributed by atoms with Crippen molar-refractivity contribution in [3.05, 3.63) is 82.0 Å². The summed E-state index contributed by atoms with van der Waals surface area (Å²) in [5.41, 5.74) is 2.42. The van der Waals surface area contributed by atoms with Crippen LogP contribution >= 0.6 is 23.2 Å². The number of carbonyl (C=O) groups excluding carboxylic acids is 1. The Kier molecular flexibility index (Phi) is 6.54. The van der Waals surface area contributed by atoms with Gasteiger partial charge in [0.25, 0.3) is 5.91 Å². The van der Waals surface area contributed by atoms with Gasteiger partial charge in [-0.05, 0) is 42.9 Å². The molecule has 6 nitrogen and oxygen atoms in total. The fourth-order valence-corrected chi connectivity index (χ4v) is 3.89. The van der Waals surface area contributed by atoms with Crippen LogP contribution in [0.4, 0.5) is 0 Å². The van der Waals surface area contributed by atoms with Crippen molar-refractivity contribution in [3.8, 4) is 11.3 Å². The number of amides is 1. The standard InChI is InChI=1S/C20H17Cl2N3O3S/c1-23-29(27,28)15-8-6-13(18(22)10-15)11-25-20(26)14-7-9-19(24-12-14)16-4-2-3-5-17(16)21/h2-10,12,23H,11H2,1H3,(H,25,26). The van der Waals surface area contributed by atoms with E-state index in [-0.39, 0.29) is 22.4 Å². The van der Waals surface area contributed by atoms with Gasteiger partial charge in [0.15, 0.2) is 0 Å². The molecule has 1 amide bonds. The summed E-state index contributed by atoms with van der Waals surface area (Å²) in [4.78, 5) is 16.8. The van der Waals surface area contributed by atoms with E-state index in [1.54, 1.807) is 24.3 Å². The zero-order chi connectivity index (χ0) is 21.0. The van der Waals surface area contributed by atoms with Gasteiger partial charge in [-0.1, -0.05) is 47.5 Å². The third-order valence-corrected chi connectivity index (χ3v) is 6.31. The first kappa shape index (κ1) is 21.3. The highest BCUT2D eigenvalue weighted by Crippen LogP contribution is 2.26. The normalized spacial score (nSPS) is 11.3. The first-order valence-corrected chi connectivity index (χ1v) is 10.8. The third kappa shape index (κ3) is 4.94. The summed E-state index contributed by atoms with van der Waals surface area (Å²) in [6.07, 6.45) is 1.47. The van der Waals surface area contributed by atoms with Gasteiger partial charge >= 0.3 is 0 Å². The minimum Gasteiger partial charge on any atom is -0.348 e. The monoisotopic (exact) mass is 449 g/mol. The molecule has 0 bridgehead atoms. The van der Waals surface area contributed by atoms with Crippen molar-refractivity contribution < 1.29 is 13.2 Å². The molecule has 0 spiro atoms. The second kappa shape index (κ2) is 8.92. The van der Waals surface area contributed by atoms with Crippen molar-refractivity contribution in [1.82, 2.24) is 15.0 Å². The maximum Gasteiger partial charge on any atom is 0.253 e. The van der Waals surface area contributed by atoms with Crippen LogP contribution in [0, 0.1) is 0 Å². The molecule has 0 aliphatic rings. The highest BCUT2D eigenvalue weighted by Gasteiger charge is 2.14. The number of carbonyl (C=O) groups is 1. The third-order valence-electron chi connectivity index (χ3n) is 4.22. The van der Waals surface area contributed by atoms with Crippen molar-refractivity contribution >= 4 is 39.1 Å². The fraction of sp³-hybridized carbons (Fsp3) is 0.100. The number of sulfonamides is 1. The number of nitrogens with zero attached hydrogens (tertiary/aromatic N) is 1. The number of benzene rings is 2. The summed E-state index contributed by atoms with van der Waals surface area (Å²) in [6.45, 7) is 0.143. The summed E-state index contributed by atoms with van der Waals surface area (Å²) in [5, 5.41) is 3.57. The van der Waals surface area contributed by atoms with Gasteiger partial charge in [0.2, 0.25) is 10.0 Å². The van der Waals surface area contributed by atoms with E-state index in [9.17, 15) is 13.2 Å². The van der Waals surface area contributed by atoms with Crippen molar-refractivity contribution in [2.75, 3.05) is 7.05 Å². The summed E-state index contributed by atoms with van der Waals surface area (Å²) >= 11 is 12.3. The van der Waals surface area contributed by atoms with Crippen molar-refractivity contribution in [1.29, 1.82) is 0 Å². The molecule has 0 atom stereocenters. The molecule has 2 N–H and O–H groups in total. The number of hydrogen-bond acceptors (Lipinski definition) is 4. The summed E-state index contributed by atoms with van der Waals surface area (Å²) < 4.78 is 25.8. The quantitative estimate of drug-likeness (QED) is 0.597. The molecule has 0 radical (unpaired) electrons. The van der Waals surface area contributed by atoms with Crippen LogP contribution in [0.1, 0.15) is 15.9 Å². The molecule has 0 aliphatic heterocycles. The number of pyridine rings is 1. The van der Waals surface area contributed by atoms with Gasteiger partial charge in [0.05, 0.1) is 16.2 Å². The Morgan fingerprint density at radius 2 is 1.79 bits per heavy atom. The molecule has 3 rings (SSSR count). The van der Waals surface area contributed by atoms with Crippen molar-refractivity contribution in [3.63, 3.8) is 0 Å². The molecule has 29 heavy (non-hydrogen) atoms. The molecule has 0 fully saturated rings. The molecule has 2 aromatic carbocycles. The van der Waals surface area contributed by atoms with E-state index >= 15 is 0 Å². The van der Waals surface area contributed by atoms with E-state index in [2.05, 4.69) is 15.0 Å². The average molecular weight is 450 g/mol. The molecular weight excluding hydrogens is 433 g/mol. The first-order chi connectivity index (χ1) is 13.8. The van der Waals surface area contributed by atoms with E-state index in [0.29, 0.717) is 21.8 Å². The van der Waals surface area contributed by atoms with Gasteiger partial charge < -0.3 is 5.32 Å². The van der Waals surface area contributed by atoms with Gasteiger partial charge in [-0.3, -0.25) is 9.78 Å². The Balaban J connectivity index is 1.69. The Labute approximate surface area is 178 Å². The van der Waals surface area contributed by atoms with Crippen LogP contribution in [-0.4, -0.2) is 26.4 Å². The molecule has 1 aromatic heterocycles. The lowest BCUT2D eigenvalue weighted by molar-refractivity contribution is 0.0950. The topological polar surface area (TPSA) is 88.2 Å². The van der Waals surface area contributed by atoms with Crippen molar-refractivity contribution in [2.24, 2.45) is 0 Å². The Morgan fingerprint density at radius 3 is 2.41 bits per heavy atom. The summed E-state index contributed by atoms with van der Waals surface area (Å²) in [7, 11) is -2.26. The second-order valence-corrected chi connectivity index (χ2v) is 8.76. The molecule has 9 heteroatoms. The predicted octanol–water partition coefficient (Wildman–Crippen LogP) is 3.89. The minimum atomic E-state index is -3.58. The van der Waals surface area contributed by atoms with E-state index in [1.807, 2.05) is 18.2 Å². The van der Waals surface area contributed by atoms with Gasteiger partial charge in [0.1, 0.15) is 0 Å². The molecular formula is C20H17Cl2N3O3S. The minimum absolute atomic E-state index is 0.0550. The Morgan fingerprint density at radius 1 is 1.03 bits per heavy atom. The van der Waals surface area contributed by atoms with Crippen LogP contribution in [0.3, 0.4) is 0 Å². The molecule has 0 saturated carbocycles. The lowest BCUT2D eigenvalue weighted by Gasteiger charge is -2.10. The van der Waals surface area contributed by atoms with Crippen LogP contribution in [0.2, 0.25) is 10.0 Å². The van der Waals surface area contributed by atoms with E-state index < -0.39 is 10.0 Å². The van der Waals surface area contributed by atoms with Crippen LogP contribution in [0.25, 0.3) is 11.3 Å². The number of rotatable bonds is 6. The summed E-state index contributed by atoms with van der Waals surface area (Å²) in [6, 6.07) is 15.0. The highest BCUT2D eigenvalue weighted by molar-refractivity contribution is 7.89. The van der Waals surface area contributed by atoms with Gasteiger partial charge in [-0.2, -0.15) is 0 Å². The largest absolute Gasteiger partial charge is 0.348 e. The van der Waals surface area contributed by atoms with E-state index in [0.717, 1.165) is 5.56 Å². The lowest BCUT2D eigenvalue weighted by Crippen LogP contribution is -2.23. The number of halogens is 2. The number of aromatic nitrogens is 1. The van der Waals surface area contributed by atoms with Crippen LogP contribution in [-0.2, 0) is 16.6 Å². The summed E-state index contributed by atoms with van der Waals surface area (Å²) in [5.74, 6) is -0.328. The van der Waals surface area contributed by atoms with Crippen LogP contribution in [0.5, 0.6) is 0 Å². The molecule has 0 unspecified atom stereocenters. The van der Waals surface area contributed by atoms with E-state index in [4.69, 9.17) is 23.2 Å². The fourth-order valence-electron chi connectivity index (χ4n) is 2.59. The maximum atomic E-state index is 12.4. The number of hydrogen-bond donors (Lipinski definition) is 2. The Hall–Kier alpha value is -2.45. The van der Waals surface area contributed by atoms with E-state index in [1.165, 1.54) is 25.4 Å². The molecule has 0 saturated heterocycles. The zero-order valence-corrected chi connectivity index (χ0v) is 17.6. The lowest BCUT2D eigenvalue weighted by atomic mass is 10.1. The van der Waals surface area contributed by atoms with Gasteiger partial charge in [0, 0.05) is 28.4 Å². The van der Waals surface area contributed by atoms with Gasteiger partial charge in [-0.15, -0.1) is 0 Å². The van der Waals surface area contributed by atoms with Crippen LogP contribution < -0.4 is 10.0 Å². The SMILES string of the molecule is CNS(=O)(=O)c1ccc(CNC(=O)c2ccc(-c3ccccc3Cl)nc2)c(Cl)c1. The smallest absolute Gasteiger partial charge is 0.253 e. The molecule has 150 valence electrons. The highest BCUT2D eigenvalue weighted by atomic mass is 35.5. The van der Waals surface area contributed by atoms with Crippen molar-refractivity contribution in [2.45, 2.75) is 11.4 Å². The zero-order valence-electron chi connectivity index (χ0n) is 15.3. The maximum absolute atomic E-state index is 12.4. The molecule has 1 heterocycles. The predicted molar refractivity (Wildman–Crippen MR) is 114 cm³/mol. The molecule has 0 aliphatic carbocycles. The van der Waals surface area contributed by atoms with Gasteiger partial charge in [-0.25, -0.2) is 13.1 Å². The number of nitrogens with one attached hydrogen (secondary N) is 2. The molecule has 3 aromatic rings. The first-order valence-electron chi connectivity index (χ1n) is 8.53.